The highest BCUT2D eigenvalue weighted by Gasteiger charge is 2.31. The largest absolute Gasteiger partial charge is 0.339 e. The molecule has 1 heterocycles. The Labute approximate surface area is 148 Å². The number of amides is 1. The molecule has 1 aromatic carbocycles. The molecule has 130 valence electrons. The van der Waals surface area contributed by atoms with Gasteiger partial charge in [0, 0.05) is 19.0 Å². The van der Waals surface area contributed by atoms with Crippen LogP contribution in [0.15, 0.2) is 36.9 Å². The standard InChI is InChI=1S/C17H23N5O.ClH/c1-12(21(2)17(23)14-3-6-15(18)9-14)13-4-7-16(8-5-13)22-11-19-10-20-22;/h4-5,7-8,10-12,14-15H,3,6,9,18H2,1-2H3;1H. The van der Waals surface area contributed by atoms with Crippen molar-refractivity contribution in [3.63, 3.8) is 0 Å². The number of nitrogens with two attached hydrogens (primary N) is 1. The average Bonchev–Trinajstić information content (AvgIpc) is 3.24. The molecule has 3 rings (SSSR count). The van der Waals surface area contributed by atoms with Crippen LogP contribution >= 0.6 is 12.4 Å². The highest BCUT2D eigenvalue weighted by molar-refractivity contribution is 5.85. The third kappa shape index (κ3) is 3.76. The molecule has 0 saturated heterocycles. The molecule has 1 saturated carbocycles. The Morgan fingerprint density at radius 3 is 2.58 bits per heavy atom. The summed E-state index contributed by atoms with van der Waals surface area (Å²) in [4.78, 5) is 18.4. The van der Waals surface area contributed by atoms with Crippen molar-refractivity contribution in [2.45, 2.75) is 38.3 Å². The van der Waals surface area contributed by atoms with Crippen molar-refractivity contribution in [3.8, 4) is 5.69 Å². The molecule has 0 aliphatic heterocycles. The fraction of sp³-hybridized carbons (Fsp3) is 0.471. The van der Waals surface area contributed by atoms with Gasteiger partial charge in [0.15, 0.2) is 0 Å². The third-order valence-corrected chi connectivity index (χ3v) is 4.81. The minimum atomic E-state index is 0. The van der Waals surface area contributed by atoms with Crippen LogP contribution in [0.1, 0.15) is 37.8 Å². The van der Waals surface area contributed by atoms with E-state index in [0.29, 0.717) is 0 Å². The summed E-state index contributed by atoms with van der Waals surface area (Å²) in [7, 11) is 1.88. The van der Waals surface area contributed by atoms with Crippen molar-refractivity contribution in [2.75, 3.05) is 7.05 Å². The zero-order valence-electron chi connectivity index (χ0n) is 14.0. The predicted octanol–water partition coefficient (Wildman–Crippen LogP) is 2.34. The van der Waals surface area contributed by atoms with E-state index in [1.165, 1.54) is 6.33 Å². The molecule has 6 nitrogen and oxygen atoms in total. The van der Waals surface area contributed by atoms with Gasteiger partial charge in [-0.3, -0.25) is 4.79 Å². The summed E-state index contributed by atoms with van der Waals surface area (Å²) in [6.07, 6.45) is 5.83. The van der Waals surface area contributed by atoms with Gasteiger partial charge in [0.05, 0.1) is 11.7 Å². The summed E-state index contributed by atoms with van der Waals surface area (Å²) in [6, 6.07) is 8.26. The molecule has 0 bridgehead atoms. The second-order valence-corrected chi connectivity index (χ2v) is 6.33. The smallest absolute Gasteiger partial charge is 0.225 e. The van der Waals surface area contributed by atoms with E-state index >= 15 is 0 Å². The molecule has 0 radical (unpaired) electrons. The Bertz CT molecular complexity index is 658. The van der Waals surface area contributed by atoms with E-state index in [-0.39, 0.29) is 36.3 Å². The zero-order valence-corrected chi connectivity index (χ0v) is 14.8. The van der Waals surface area contributed by atoms with Gasteiger partial charge in [-0.25, -0.2) is 9.67 Å². The summed E-state index contributed by atoms with van der Waals surface area (Å²) in [5, 5.41) is 4.11. The van der Waals surface area contributed by atoms with Gasteiger partial charge in [-0.2, -0.15) is 5.10 Å². The van der Waals surface area contributed by atoms with Gasteiger partial charge in [-0.1, -0.05) is 12.1 Å². The molecule has 3 unspecified atom stereocenters. The molecule has 24 heavy (non-hydrogen) atoms. The van der Waals surface area contributed by atoms with Gasteiger partial charge < -0.3 is 10.6 Å². The lowest BCUT2D eigenvalue weighted by Gasteiger charge is -2.28. The Hall–Kier alpha value is -1.92. The Kier molecular flexibility index (Phi) is 5.96. The summed E-state index contributed by atoms with van der Waals surface area (Å²) >= 11 is 0. The molecule has 2 N–H and O–H groups in total. The number of rotatable bonds is 4. The Morgan fingerprint density at radius 1 is 1.33 bits per heavy atom. The van der Waals surface area contributed by atoms with E-state index in [0.717, 1.165) is 30.5 Å². The maximum Gasteiger partial charge on any atom is 0.225 e. The number of benzene rings is 1. The highest BCUT2D eigenvalue weighted by Crippen LogP contribution is 2.29. The van der Waals surface area contributed by atoms with Crippen LogP contribution in [-0.4, -0.2) is 38.7 Å². The number of aromatic nitrogens is 3. The van der Waals surface area contributed by atoms with Crippen LogP contribution in [0, 0.1) is 5.92 Å². The van der Waals surface area contributed by atoms with Gasteiger partial charge in [-0.05, 0) is 43.9 Å². The van der Waals surface area contributed by atoms with Crippen LogP contribution in [0.2, 0.25) is 0 Å². The predicted molar refractivity (Wildman–Crippen MR) is 95.1 cm³/mol. The average molecular weight is 350 g/mol. The van der Waals surface area contributed by atoms with Gasteiger partial charge >= 0.3 is 0 Å². The number of hydrogen-bond acceptors (Lipinski definition) is 4. The lowest BCUT2D eigenvalue weighted by atomic mass is 10.0. The molecule has 7 heteroatoms. The van der Waals surface area contributed by atoms with Crippen molar-refractivity contribution in [1.29, 1.82) is 0 Å². The van der Waals surface area contributed by atoms with E-state index in [4.69, 9.17) is 5.73 Å². The van der Waals surface area contributed by atoms with Crippen molar-refractivity contribution in [1.82, 2.24) is 19.7 Å². The fourth-order valence-electron chi connectivity index (χ4n) is 3.19. The quantitative estimate of drug-likeness (QED) is 0.919. The van der Waals surface area contributed by atoms with Gasteiger partial charge in [-0.15, -0.1) is 12.4 Å². The molecular formula is C17H24ClN5O. The Morgan fingerprint density at radius 2 is 2.04 bits per heavy atom. The summed E-state index contributed by atoms with van der Waals surface area (Å²) < 4.78 is 1.71. The maximum atomic E-state index is 12.6. The number of carbonyl (C=O) groups is 1. The highest BCUT2D eigenvalue weighted by atomic mass is 35.5. The lowest BCUT2D eigenvalue weighted by Crippen LogP contribution is -2.34. The minimum absolute atomic E-state index is 0. The summed E-state index contributed by atoms with van der Waals surface area (Å²) in [5.74, 6) is 0.276. The maximum absolute atomic E-state index is 12.6. The first-order valence-corrected chi connectivity index (χ1v) is 8.03. The first-order valence-electron chi connectivity index (χ1n) is 8.03. The van der Waals surface area contributed by atoms with Crippen LogP contribution < -0.4 is 5.73 Å². The third-order valence-electron chi connectivity index (χ3n) is 4.81. The molecule has 1 aliphatic rings. The molecule has 1 aromatic heterocycles. The minimum Gasteiger partial charge on any atom is -0.339 e. The normalized spacial score (nSPS) is 21.1. The molecular weight excluding hydrogens is 326 g/mol. The first-order chi connectivity index (χ1) is 11.1. The molecule has 2 aromatic rings. The molecule has 1 amide bonds. The second kappa shape index (κ2) is 7.77. The van der Waals surface area contributed by atoms with Crippen molar-refractivity contribution in [3.05, 3.63) is 42.5 Å². The van der Waals surface area contributed by atoms with E-state index in [1.54, 1.807) is 11.0 Å². The number of hydrogen-bond donors (Lipinski definition) is 1. The van der Waals surface area contributed by atoms with E-state index in [1.807, 2.05) is 36.2 Å². The zero-order chi connectivity index (χ0) is 16.4. The van der Waals surface area contributed by atoms with E-state index < -0.39 is 0 Å². The van der Waals surface area contributed by atoms with E-state index in [9.17, 15) is 4.79 Å². The van der Waals surface area contributed by atoms with Gasteiger partial charge in [0.25, 0.3) is 0 Å². The second-order valence-electron chi connectivity index (χ2n) is 6.33. The van der Waals surface area contributed by atoms with Gasteiger partial charge in [0.2, 0.25) is 5.91 Å². The van der Waals surface area contributed by atoms with Crippen molar-refractivity contribution < 1.29 is 4.79 Å². The van der Waals surface area contributed by atoms with Crippen LogP contribution in [0.25, 0.3) is 5.69 Å². The van der Waals surface area contributed by atoms with Crippen molar-refractivity contribution in [2.24, 2.45) is 11.7 Å². The molecule has 1 fully saturated rings. The summed E-state index contributed by atoms with van der Waals surface area (Å²) in [6.45, 7) is 2.05. The van der Waals surface area contributed by atoms with Crippen LogP contribution in [0.5, 0.6) is 0 Å². The number of nitrogens with zero attached hydrogens (tertiary/aromatic N) is 4. The monoisotopic (exact) mass is 349 g/mol. The summed E-state index contributed by atoms with van der Waals surface area (Å²) in [5.41, 5.74) is 7.99. The lowest BCUT2D eigenvalue weighted by molar-refractivity contribution is -0.136. The first kappa shape index (κ1) is 18.4. The van der Waals surface area contributed by atoms with Crippen LogP contribution in [0.3, 0.4) is 0 Å². The molecule has 0 spiro atoms. The van der Waals surface area contributed by atoms with E-state index in [2.05, 4.69) is 17.0 Å². The topological polar surface area (TPSA) is 77.0 Å². The molecule has 1 aliphatic carbocycles. The number of halogens is 1. The van der Waals surface area contributed by atoms with Crippen LogP contribution in [-0.2, 0) is 4.79 Å². The number of carbonyl (C=O) groups excluding carboxylic acids is 1. The van der Waals surface area contributed by atoms with Crippen molar-refractivity contribution >= 4 is 18.3 Å². The fourth-order valence-corrected chi connectivity index (χ4v) is 3.19. The molecule has 3 atom stereocenters. The van der Waals surface area contributed by atoms with Crippen LogP contribution in [0.4, 0.5) is 0 Å². The Balaban J connectivity index is 0.00000208. The van der Waals surface area contributed by atoms with Gasteiger partial charge in [0.1, 0.15) is 12.7 Å². The SMILES string of the molecule is CC(c1ccc(-n2cncn2)cc1)N(C)C(=O)C1CCC(N)C1.Cl.